The van der Waals surface area contributed by atoms with Crippen LogP contribution in [0.1, 0.15) is 18.1 Å². The van der Waals surface area contributed by atoms with Crippen molar-refractivity contribution in [2.24, 2.45) is 0 Å². The maximum Gasteiger partial charge on any atom is 0.336 e. The number of aryl methyl sites for hydroxylation is 1. The van der Waals surface area contributed by atoms with Gasteiger partial charge in [-0.3, -0.25) is 0 Å². The van der Waals surface area contributed by atoms with E-state index < -0.39 is 0 Å². The van der Waals surface area contributed by atoms with Crippen molar-refractivity contribution < 1.29 is 4.42 Å². The monoisotopic (exact) mass is 198 g/mol. The van der Waals surface area contributed by atoms with Crippen LogP contribution in [0.2, 0.25) is 0 Å². The van der Waals surface area contributed by atoms with Gasteiger partial charge in [0.05, 0.1) is 0 Å². The van der Waals surface area contributed by atoms with E-state index in [1.807, 2.05) is 19.1 Å². The summed E-state index contributed by atoms with van der Waals surface area (Å²) in [6, 6.07) is 7.13. The third kappa shape index (κ3) is 1.77. The molecule has 15 heavy (non-hydrogen) atoms. The molecule has 0 aliphatic heterocycles. The molecule has 0 N–H and O–H groups in total. The molecule has 0 atom stereocenters. The Kier molecular flexibility index (Phi) is 2.31. The molecule has 2 aromatic rings. The molecule has 1 aromatic carbocycles. The molecule has 0 aliphatic carbocycles. The molecule has 0 fully saturated rings. The summed E-state index contributed by atoms with van der Waals surface area (Å²) < 4.78 is 5.11. The van der Waals surface area contributed by atoms with E-state index in [1.165, 1.54) is 6.07 Å². The summed E-state index contributed by atoms with van der Waals surface area (Å²) in [7, 11) is 0. The summed E-state index contributed by atoms with van der Waals surface area (Å²) in [5.41, 5.74) is 2.07. The summed E-state index contributed by atoms with van der Waals surface area (Å²) in [5.74, 6) is 5.73. The van der Waals surface area contributed by atoms with E-state index in [9.17, 15) is 4.79 Å². The van der Waals surface area contributed by atoms with Gasteiger partial charge in [0.1, 0.15) is 5.58 Å². The fraction of sp³-hybridized carbons (Fsp3) is 0.154. The average Bonchev–Trinajstić information content (AvgIpc) is 2.17. The fourth-order valence-corrected chi connectivity index (χ4v) is 1.55. The largest absolute Gasteiger partial charge is 0.423 e. The third-order valence-electron chi connectivity index (χ3n) is 2.22. The molecule has 1 heterocycles. The number of benzene rings is 1. The number of hydrogen-bond donors (Lipinski definition) is 0. The molecule has 0 unspecified atom stereocenters. The van der Waals surface area contributed by atoms with Gasteiger partial charge < -0.3 is 4.42 Å². The Balaban J connectivity index is 2.80. The lowest BCUT2D eigenvalue weighted by Gasteiger charge is -1.99. The Morgan fingerprint density at radius 2 is 2.07 bits per heavy atom. The van der Waals surface area contributed by atoms with Crippen LogP contribution in [0.15, 0.2) is 33.5 Å². The summed E-state index contributed by atoms with van der Waals surface area (Å²) in [6.07, 6.45) is 0. The van der Waals surface area contributed by atoms with Gasteiger partial charge in [-0.1, -0.05) is 5.92 Å². The van der Waals surface area contributed by atoms with Crippen LogP contribution in [0.25, 0.3) is 11.0 Å². The van der Waals surface area contributed by atoms with Gasteiger partial charge in [0.15, 0.2) is 0 Å². The third-order valence-corrected chi connectivity index (χ3v) is 2.22. The van der Waals surface area contributed by atoms with Crippen LogP contribution >= 0.6 is 0 Å². The van der Waals surface area contributed by atoms with E-state index in [4.69, 9.17) is 4.42 Å². The molecule has 2 heteroatoms. The minimum Gasteiger partial charge on any atom is -0.423 e. The van der Waals surface area contributed by atoms with E-state index in [-0.39, 0.29) is 5.63 Å². The topological polar surface area (TPSA) is 30.2 Å². The lowest BCUT2D eigenvalue weighted by Crippen LogP contribution is -1.97. The normalized spacial score (nSPS) is 9.73. The minimum absolute atomic E-state index is 0.318. The predicted octanol–water partition coefficient (Wildman–Crippen LogP) is 2.47. The van der Waals surface area contributed by atoms with E-state index in [1.54, 1.807) is 13.0 Å². The molecule has 74 valence electrons. The van der Waals surface area contributed by atoms with E-state index >= 15 is 0 Å². The quantitative estimate of drug-likeness (QED) is 0.481. The fourth-order valence-electron chi connectivity index (χ4n) is 1.55. The van der Waals surface area contributed by atoms with E-state index in [2.05, 4.69) is 11.8 Å². The first-order valence-electron chi connectivity index (χ1n) is 4.68. The van der Waals surface area contributed by atoms with Gasteiger partial charge in [-0.05, 0) is 37.6 Å². The van der Waals surface area contributed by atoms with Crippen molar-refractivity contribution in [3.05, 3.63) is 45.8 Å². The Hall–Kier alpha value is -2.01. The van der Waals surface area contributed by atoms with Gasteiger partial charge in [0.25, 0.3) is 0 Å². The average molecular weight is 198 g/mol. The highest BCUT2D eigenvalue weighted by Gasteiger charge is 2.01. The molecular formula is C13H10O2. The van der Waals surface area contributed by atoms with Crippen LogP contribution in [0, 0.1) is 18.8 Å². The zero-order valence-electron chi connectivity index (χ0n) is 8.63. The Bertz CT molecular complexity index is 624. The molecule has 0 aliphatic rings. The number of hydrogen-bond acceptors (Lipinski definition) is 2. The molecule has 0 bridgehead atoms. The smallest absolute Gasteiger partial charge is 0.336 e. The maximum absolute atomic E-state index is 11.2. The van der Waals surface area contributed by atoms with Crippen LogP contribution in [-0.4, -0.2) is 0 Å². The molecule has 0 saturated heterocycles. The summed E-state index contributed by atoms with van der Waals surface area (Å²) >= 11 is 0. The molecule has 0 amide bonds. The van der Waals surface area contributed by atoms with Crippen molar-refractivity contribution in [3.8, 4) is 11.8 Å². The second kappa shape index (κ2) is 3.62. The van der Waals surface area contributed by atoms with Gasteiger partial charge >= 0.3 is 5.63 Å². The van der Waals surface area contributed by atoms with Crippen molar-refractivity contribution in [3.63, 3.8) is 0 Å². The highest BCUT2D eigenvalue weighted by Crippen LogP contribution is 2.17. The van der Waals surface area contributed by atoms with Gasteiger partial charge in [-0.25, -0.2) is 4.79 Å². The predicted molar refractivity (Wildman–Crippen MR) is 59.8 cm³/mol. The maximum atomic E-state index is 11.2. The number of fused-ring (bicyclic) bond motifs is 1. The van der Waals surface area contributed by atoms with Crippen molar-refractivity contribution in [2.75, 3.05) is 0 Å². The van der Waals surface area contributed by atoms with Crippen molar-refractivity contribution in [2.45, 2.75) is 13.8 Å². The Morgan fingerprint density at radius 3 is 2.80 bits per heavy atom. The molecule has 0 saturated carbocycles. The van der Waals surface area contributed by atoms with E-state index in [0.717, 1.165) is 16.5 Å². The Morgan fingerprint density at radius 1 is 1.27 bits per heavy atom. The van der Waals surface area contributed by atoms with Gasteiger partial charge in [-0.2, -0.15) is 0 Å². The van der Waals surface area contributed by atoms with Crippen molar-refractivity contribution in [1.29, 1.82) is 0 Å². The minimum atomic E-state index is -0.318. The van der Waals surface area contributed by atoms with Gasteiger partial charge in [0.2, 0.25) is 0 Å². The van der Waals surface area contributed by atoms with Crippen LogP contribution < -0.4 is 5.63 Å². The second-order valence-corrected chi connectivity index (χ2v) is 3.33. The van der Waals surface area contributed by atoms with Crippen molar-refractivity contribution >= 4 is 11.0 Å². The van der Waals surface area contributed by atoms with Crippen LogP contribution in [0.4, 0.5) is 0 Å². The summed E-state index contributed by atoms with van der Waals surface area (Å²) in [4.78, 5) is 11.2. The molecule has 2 nitrogen and oxygen atoms in total. The lowest BCUT2D eigenvalue weighted by molar-refractivity contribution is 0.560. The molecule has 2 rings (SSSR count). The highest BCUT2D eigenvalue weighted by atomic mass is 16.4. The van der Waals surface area contributed by atoms with Crippen LogP contribution in [0.5, 0.6) is 0 Å². The lowest BCUT2D eigenvalue weighted by atomic mass is 10.1. The first-order valence-corrected chi connectivity index (χ1v) is 4.68. The molecule has 1 aromatic heterocycles. The summed E-state index contributed by atoms with van der Waals surface area (Å²) in [6.45, 7) is 3.67. The molecule has 0 spiro atoms. The van der Waals surface area contributed by atoms with Gasteiger partial charge in [0, 0.05) is 17.0 Å². The molecular weight excluding hydrogens is 188 g/mol. The molecule has 0 radical (unpaired) electrons. The van der Waals surface area contributed by atoms with Crippen molar-refractivity contribution in [1.82, 2.24) is 0 Å². The highest BCUT2D eigenvalue weighted by molar-refractivity contribution is 5.81. The second-order valence-electron chi connectivity index (χ2n) is 3.33. The zero-order valence-corrected chi connectivity index (χ0v) is 8.63. The summed E-state index contributed by atoms with van der Waals surface area (Å²) in [5, 5.41) is 0.955. The first kappa shape index (κ1) is 9.54. The van der Waals surface area contributed by atoms with Gasteiger partial charge in [-0.15, -0.1) is 5.92 Å². The first-order chi connectivity index (χ1) is 7.20. The standard InChI is InChI=1S/C13H10O2/c1-3-4-10-5-6-11-9(2)7-13(14)15-12(11)8-10/h5-8H,1-2H3. The number of rotatable bonds is 0. The van der Waals surface area contributed by atoms with Crippen LogP contribution in [0.3, 0.4) is 0 Å². The SMILES string of the molecule is CC#Cc1ccc2c(C)cc(=O)oc2c1. The zero-order chi connectivity index (χ0) is 10.8. The Labute approximate surface area is 87.5 Å². The van der Waals surface area contributed by atoms with Crippen LogP contribution in [-0.2, 0) is 0 Å². The van der Waals surface area contributed by atoms with E-state index in [0.29, 0.717) is 5.58 Å².